The number of carbonyl (C=O) groups is 2. The number of ether oxygens (including phenoxy) is 1. The molecule has 108 valence electrons. The number of benzene rings is 2. The average Bonchev–Trinajstić information content (AvgIpc) is 2.41. The quantitative estimate of drug-likeness (QED) is 0.750. The van der Waals surface area contributed by atoms with E-state index in [4.69, 9.17) is 32.9 Å². The van der Waals surface area contributed by atoms with Crippen LogP contribution >= 0.6 is 11.6 Å². The smallest absolute Gasteiger partial charge is 0.339 e. The molecule has 0 unspecified atom stereocenters. The van der Waals surface area contributed by atoms with Gasteiger partial charge in [-0.2, -0.15) is 0 Å². The van der Waals surface area contributed by atoms with Gasteiger partial charge in [0.2, 0.25) is 5.91 Å². The molecule has 0 aliphatic rings. The van der Waals surface area contributed by atoms with Gasteiger partial charge in [0.25, 0.3) is 0 Å². The SMILES string of the molecule is NC(=O)c1cccc(Oc2c(Cl)cc(N)cc2C(=O)O)c1. The summed E-state index contributed by atoms with van der Waals surface area (Å²) >= 11 is 5.97. The van der Waals surface area contributed by atoms with Gasteiger partial charge in [0.1, 0.15) is 11.3 Å². The summed E-state index contributed by atoms with van der Waals surface area (Å²) in [4.78, 5) is 22.3. The van der Waals surface area contributed by atoms with Crippen LogP contribution in [-0.2, 0) is 0 Å². The van der Waals surface area contributed by atoms with Crippen LogP contribution < -0.4 is 16.2 Å². The first kappa shape index (κ1) is 14.7. The first-order chi connectivity index (χ1) is 9.88. The van der Waals surface area contributed by atoms with Crippen molar-refractivity contribution >= 4 is 29.2 Å². The van der Waals surface area contributed by atoms with E-state index in [2.05, 4.69) is 0 Å². The number of nitrogen functional groups attached to an aromatic ring is 1. The highest BCUT2D eigenvalue weighted by Gasteiger charge is 2.17. The number of halogens is 1. The predicted octanol–water partition coefficient (Wildman–Crippen LogP) is 2.51. The van der Waals surface area contributed by atoms with Gasteiger partial charge >= 0.3 is 5.97 Å². The number of amides is 1. The highest BCUT2D eigenvalue weighted by molar-refractivity contribution is 6.33. The number of hydrogen-bond donors (Lipinski definition) is 3. The molecular weight excluding hydrogens is 296 g/mol. The number of hydrogen-bond acceptors (Lipinski definition) is 4. The zero-order chi connectivity index (χ0) is 15.6. The van der Waals surface area contributed by atoms with Crippen molar-refractivity contribution in [3.63, 3.8) is 0 Å². The minimum Gasteiger partial charge on any atom is -0.478 e. The fraction of sp³-hybridized carbons (Fsp3) is 0. The van der Waals surface area contributed by atoms with Crippen molar-refractivity contribution in [2.24, 2.45) is 5.73 Å². The third-order valence-corrected chi connectivity index (χ3v) is 2.92. The van der Waals surface area contributed by atoms with E-state index < -0.39 is 11.9 Å². The van der Waals surface area contributed by atoms with Crippen molar-refractivity contribution in [3.8, 4) is 11.5 Å². The van der Waals surface area contributed by atoms with Crippen LogP contribution in [0, 0.1) is 0 Å². The Morgan fingerprint density at radius 2 is 1.90 bits per heavy atom. The van der Waals surface area contributed by atoms with Crippen LogP contribution in [0.1, 0.15) is 20.7 Å². The maximum atomic E-state index is 11.2. The third kappa shape index (κ3) is 3.24. The average molecular weight is 307 g/mol. The van der Waals surface area contributed by atoms with Crippen molar-refractivity contribution in [1.82, 2.24) is 0 Å². The Hall–Kier alpha value is -2.73. The lowest BCUT2D eigenvalue weighted by Crippen LogP contribution is -2.10. The van der Waals surface area contributed by atoms with E-state index in [1.807, 2.05) is 0 Å². The highest BCUT2D eigenvalue weighted by atomic mass is 35.5. The second-order valence-electron chi connectivity index (χ2n) is 4.18. The van der Waals surface area contributed by atoms with E-state index in [0.29, 0.717) is 0 Å². The number of aromatic carboxylic acids is 1. The molecule has 2 aromatic carbocycles. The van der Waals surface area contributed by atoms with Gasteiger partial charge in [0.15, 0.2) is 5.75 Å². The number of nitrogens with two attached hydrogens (primary N) is 2. The maximum absolute atomic E-state index is 11.2. The van der Waals surface area contributed by atoms with Crippen LogP contribution in [0.3, 0.4) is 0 Å². The van der Waals surface area contributed by atoms with E-state index in [1.54, 1.807) is 12.1 Å². The van der Waals surface area contributed by atoms with Gasteiger partial charge in [0.05, 0.1) is 5.02 Å². The Balaban J connectivity index is 2.46. The fourth-order valence-corrected chi connectivity index (χ4v) is 1.97. The standard InChI is InChI=1S/C14H11ClN2O4/c15-11-6-8(16)5-10(14(19)20)12(11)21-9-3-1-2-7(4-9)13(17)18/h1-6H,16H2,(H2,17,18)(H,19,20). The van der Waals surface area contributed by atoms with Crippen LogP contribution in [0.2, 0.25) is 5.02 Å². The zero-order valence-corrected chi connectivity index (χ0v) is 11.4. The first-order valence-corrected chi connectivity index (χ1v) is 6.16. The summed E-state index contributed by atoms with van der Waals surface area (Å²) in [7, 11) is 0. The summed E-state index contributed by atoms with van der Waals surface area (Å²) < 4.78 is 5.47. The molecule has 0 radical (unpaired) electrons. The van der Waals surface area contributed by atoms with Crippen LogP contribution in [-0.4, -0.2) is 17.0 Å². The Kier molecular flexibility index (Phi) is 4.00. The minimum atomic E-state index is -1.23. The summed E-state index contributed by atoms with van der Waals surface area (Å²) in [5.74, 6) is -1.67. The number of carboxylic acid groups (broad SMARTS) is 1. The van der Waals surface area contributed by atoms with Crippen molar-refractivity contribution in [3.05, 3.63) is 52.5 Å². The fourth-order valence-electron chi connectivity index (χ4n) is 1.71. The number of carboxylic acids is 1. The largest absolute Gasteiger partial charge is 0.478 e. The Morgan fingerprint density at radius 3 is 2.52 bits per heavy atom. The van der Waals surface area contributed by atoms with Crippen LogP contribution in [0.15, 0.2) is 36.4 Å². The molecule has 5 N–H and O–H groups in total. The molecule has 7 heteroatoms. The molecule has 0 aliphatic heterocycles. The zero-order valence-electron chi connectivity index (χ0n) is 10.7. The molecule has 0 saturated carbocycles. The maximum Gasteiger partial charge on any atom is 0.339 e. The summed E-state index contributed by atoms with van der Waals surface area (Å²) in [5.41, 5.74) is 11.0. The summed E-state index contributed by atoms with van der Waals surface area (Å²) in [5, 5.41) is 9.22. The molecule has 2 aromatic rings. The number of anilines is 1. The van der Waals surface area contributed by atoms with Gasteiger partial charge in [-0.3, -0.25) is 4.79 Å². The second-order valence-corrected chi connectivity index (χ2v) is 4.59. The summed E-state index contributed by atoms with van der Waals surface area (Å²) in [6, 6.07) is 8.62. The molecule has 0 aliphatic carbocycles. The topological polar surface area (TPSA) is 116 Å². The van der Waals surface area contributed by atoms with Crippen molar-refractivity contribution in [2.45, 2.75) is 0 Å². The number of carbonyl (C=O) groups excluding carboxylic acids is 1. The molecule has 21 heavy (non-hydrogen) atoms. The highest BCUT2D eigenvalue weighted by Crippen LogP contribution is 2.35. The molecule has 0 atom stereocenters. The second kappa shape index (κ2) is 5.72. The van der Waals surface area contributed by atoms with E-state index in [9.17, 15) is 9.59 Å². The lowest BCUT2D eigenvalue weighted by atomic mass is 10.1. The predicted molar refractivity (Wildman–Crippen MR) is 77.9 cm³/mol. The molecule has 0 spiro atoms. The van der Waals surface area contributed by atoms with E-state index in [0.717, 1.165) is 0 Å². The van der Waals surface area contributed by atoms with Crippen molar-refractivity contribution in [1.29, 1.82) is 0 Å². The van der Waals surface area contributed by atoms with E-state index >= 15 is 0 Å². The Labute approximate surface area is 124 Å². The molecule has 1 amide bonds. The monoisotopic (exact) mass is 306 g/mol. The van der Waals surface area contributed by atoms with Gasteiger partial charge in [-0.05, 0) is 30.3 Å². The van der Waals surface area contributed by atoms with E-state index in [-0.39, 0.29) is 33.3 Å². The van der Waals surface area contributed by atoms with Gasteiger partial charge in [0, 0.05) is 11.3 Å². The molecule has 6 nitrogen and oxygen atoms in total. The lowest BCUT2D eigenvalue weighted by molar-refractivity contribution is 0.0694. The van der Waals surface area contributed by atoms with Crippen molar-refractivity contribution in [2.75, 3.05) is 5.73 Å². The molecule has 0 fully saturated rings. The van der Waals surface area contributed by atoms with E-state index in [1.165, 1.54) is 24.3 Å². The lowest BCUT2D eigenvalue weighted by Gasteiger charge is -2.12. The van der Waals surface area contributed by atoms with Crippen molar-refractivity contribution < 1.29 is 19.4 Å². The third-order valence-electron chi connectivity index (χ3n) is 2.63. The summed E-state index contributed by atoms with van der Waals surface area (Å²) in [6.07, 6.45) is 0. The molecular formula is C14H11ClN2O4. The first-order valence-electron chi connectivity index (χ1n) is 5.78. The molecule has 0 saturated heterocycles. The van der Waals surface area contributed by atoms with Gasteiger partial charge < -0.3 is 21.3 Å². The van der Waals surface area contributed by atoms with Crippen LogP contribution in [0.4, 0.5) is 5.69 Å². The molecule has 2 rings (SSSR count). The number of rotatable bonds is 4. The van der Waals surface area contributed by atoms with Gasteiger partial charge in [-0.1, -0.05) is 17.7 Å². The summed E-state index contributed by atoms with van der Waals surface area (Å²) in [6.45, 7) is 0. The van der Waals surface area contributed by atoms with Gasteiger partial charge in [-0.15, -0.1) is 0 Å². The van der Waals surface area contributed by atoms with Crippen LogP contribution in [0.5, 0.6) is 11.5 Å². The molecule has 0 bridgehead atoms. The van der Waals surface area contributed by atoms with Gasteiger partial charge in [-0.25, -0.2) is 4.79 Å². The van der Waals surface area contributed by atoms with Crippen LogP contribution in [0.25, 0.3) is 0 Å². The molecule has 0 aromatic heterocycles. The normalized spacial score (nSPS) is 10.1. The Bertz CT molecular complexity index is 731. The Morgan fingerprint density at radius 1 is 1.19 bits per heavy atom. The number of primary amides is 1. The minimum absolute atomic E-state index is 0.0527. The molecule has 0 heterocycles.